The van der Waals surface area contributed by atoms with Crippen LogP contribution >= 0.6 is 11.6 Å². The van der Waals surface area contributed by atoms with Crippen LogP contribution in [0, 0.1) is 35.8 Å². The highest BCUT2D eigenvalue weighted by Gasteiger charge is 2.83. The second-order valence-electron chi connectivity index (χ2n) is 13.0. The molecule has 8 heteroatoms. The fourth-order valence-electron chi connectivity index (χ4n) is 8.63. The predicted octanol–water partition coefficient (Wildman–Crippen LogP) is 8.05. The summed E-state index contributed by atoms with van der Waals surface area (Å²) in [6, 6.07) is 38.0. The molecule has 2 amide bonds. The number of carbonyl (C=O) groups excluding carboxylic acids is 3. The number of hydrogen-bond acceptors (Lipinski definition) is 5. The number of benzene rings is 5. The molecule has 0 N–H and O–H groups in total. The molecule has 3 aliphatic rings. The molecule has 2 bridgehead atoms. The molecule has 0 unspecified atom stereocenters. The summed E-state index contributed by atoms with van der Waals surface area (Å²) in [5, 5.41) is 12.4. The highest BCUT2D eigenvalue weighted by atomic mass is 35.5. The molecule has 49 heavy (non-hydrogen) atoms. The van der Waals surface area contributed by atoms with Crippen molar-refractivity contribution in [1.29, 1.82) is 0 Å². The number of halogens is 1. The van der Waals surface area contributed by atoms with E-state index in [0.29, 0.717) is 22.3 Å². The number of rotatable bonds is 6. The summed E-state index contributed by atoms with van der Waals surface area (Å²) >= 11 is 6.17. The average molecular weight is 665 g/mol. The molecule has 1 saturated carbocycles. The summed E-state index contributed by atoms with van der Waals surface area (Å²) in [6.07, 6.45) is 0. The molecule has 1 heterocycles. The second-order valence-corrected chi connectivity index (χ2v) is 13.5. The van der Waals surface area contributed by atoms with Crippen molar-refractivity contribution in [3.63, 3.8) is 0 Å². The normalized spacial score (nSPS) is 24.1. The van der Waals surface area contributed by atoms with Crippen LogP contribution in [-0.2, 0) is 25.2 Å². The SMILES string of the molecule is Cc1ccc(C2=C(c3ccc(C)cc3)[C@@]3(c4ccccc4)C(=O)[C@@]2(c2ccccc2)[C@@H]2C(=O)N(c4ccc(Cl)cc4[N+](=O)[O-])C(=O)[C@H]23)cc1. The van der Waals surface area contributed by atoms with Gasteiger partial charge in [0.1, 0.15) is 5.69 Å². The summed E-state index contributed by atoms with van der Waals surface area (Å²) in [4.78, 5) is 58.9. The maximum Gasteiger partial charge on any atom is 0.294 e. The minimum Gasteiger partial charge on any atom is -0.297 e. The van der Waals surface area contributed by atoms with Gasteiger partial charge in [0.15, 0.2) is 5.78 Å². The van der Waals surface area contributed by atoms with E-state index >= 15 is 14.4 Å². The zero-order valence-corrected chi connectivity index (χ0v) is 27.3. The summed E-state index contributed by atoms with van der Waals surface area (Å²) < 4.78 is 0. The predicted molar refractivity (Wildman–Crippen MR) is 188 cm³/mol. The Morgan fingerprint density at radius 1 is 0.633 bits per heavy atom. The fourth-order valence-corrected chi connectivity index (χ4v) is 8.80. The van der Waals surface area contributed by atoms with Crippen LogP contribution < -0.4 is 4.90 Å². The number of ketones is 1. The first-order chi connectivity index (χ1) is 23.6. The number of fused-ring (bicyclic) bond motifs is 5. The third kappa shape index (κ3) is 3.99. The van der Waals surface area contributed by atoms with Gasteiger partial charge < -0.3 is 0 Å². The number of nitro groups is 1. The number of Topliss-reactive ketones (excluding diaryl/α,β-unsaturated/α-hetero) is 1. The van der Waals surface area contributed by atoms with E-state index < -0.39 is 45.1 Å². The number of allylic oxidation sites excluding steroid dienone is 2. The van der Waals surface area contributed by atoms with Crippen molar-refractivity contribution in [2.45, 2.75) is 24.7 Å². The third-order valence-electron chi connectivity index (χ3n) is 10.5. The van der Waals surface area contributed by atoms with Gasteiger partial charge in [-0.15, -0.1) is 0 Å². The summed E-state index contributed by atoms with van der Waals surface area (Å²) in [6.45, 7) is 3.96. The van der Waals surface area contributed by atoms with Crippen LogP contribution in [0.4, 0.5) is 11.4 Å². The van der Waals surface area contributed by atoms with Crippen molar-refractivity contribution >= 4 is 51.7 Å². The summed E-state index contributed by atoms with van der Waals surface area (Å²) in [7, 11) is 0. The Morgan fingerprint density at radius 2 is 1.06 bits per heavy atom. The van der Waals surface area contributed by atoms with Crippen molar-refractivity contribution in [3.8, 4) is 0 Å². The Bertz CT molecular complexity index is 2120. The molecule has 240 valence electrons. The average Bonchev–Trinajstić information content (AvgIpc) is 3.62. The van der Waals surface area contributed by atoms with Crippen molar-refractivity contribution < 1.29 is 19.3 Å². The molecule has 1 saturated heterocycles. The van der Waals surface area contributed by atoms with Crippen molar-refractivity contribution in [3.05, 3.63) is 176 Å². The quantitative estimate of drug-likeness (QED) is 0.104. The molecule has 1 aliphatic heterocycles. The van der Waals surface area contributed by atoms with E-state index in [-0.39, 0.29) is 16.5 Å². The van der Waals surface area contributed by atoms with E-state index in [2.05, 4.69) is 0 Å². The van der Waals surface area contributed by atoms with Crippen LogP contribution in [0.5, 0.6) is 0 Å². The molecule has 4 atom stereocenters. The van der Waals surface area contributed by atoms with Crippen molar-refractivity contribution in [1.82, 2.24) is 0 Å². The summed E-state index contributed by atoms with van der Waals surface area (Å²) in [5.41, 5.74) is 2.17. The lowest BCUT2D eigenvalue weighted by molar-refractivity contribution is -0.384. The van der Waals surface area contributed by atoms with Gasteiger partial charge >= 0.3 is 0 Å². The standard InChI is InChI=1S/C41H29ClN2O5/c1-24-13-17-26(18-14-24)33-34(27-19-15-25(2)16-20-27)41(29-11-7-4-8-12-29)36-35(40(33,39(41)47)28-9-5-3-6-10-28)37(45)43(38(36)46)31-22-21-30(42)23-32(31)44(48)49/h3-23,35-36H,1-2H3/t35-,36-,40+,41+/m0/s1. The van der Waals surface area contributed by atoms with Crippen LogP contribution in [0.1, 0.15) is 33.4 Å². The molecule has 5 aromatic carbocycles. The number of nitrogens with zero attached hydrogens (tertiary/aromatic N) is 2. The molecular formula is C41H29ClN2O5. The second kappa shape index (κ2) is 10.9. The molecule has 7 nitrogen and oxygen atoms in total. The number of carbonyl (C=O) groups is 3. The number of imide groups is 1. The fraction of sp³-hybridized carbons (Fsp3) is 0.146. The van der Waals surface area contributed by atoms with E-state index in [9.17, 15) is 10.1 Å². The lowest BCUT2D eigenvalue weighted by Gasteiger charge is -2.39. The number of amides is 2. The minimum absolute atomic E-state index is 0.0940. The maximum atomic E-state index is 16.0. The lowest BCUT2D eigenvalue weighted by Crippen LogP contribution is -2.45. The zero-order chi connectivity index (χ0) is 34.2. The van der Waals surface area contributed by atoms with Gasteiger partial charge in [0.05, 0.1) is 27.6 Å². The van der Waals surface area contributed by atoms with Crippen molar-refractivity contribution in [2.24, 2.45) is 11.8 Å². The first kappa shape index (κ1) is 30.7. The largest absolute Gasteiger partial charge is 0.297 e. The van der Waals surface area contributed by atoms with Gasteiger partial charge in [-0.1, -0.05) is 132 Å². The number of hydrogen-bond donors (Lipinski definition) is 0. The van der Waals surface area contributed by atoms with Gasteiger partial charge in [0.2, 0.25) is 11.8 Å². The van der Waals surface area contributed by atoms with Crippen LogP contribution in [0.3, 0.4) is 0 Å². The van der Waals surface area contributed by atoms with Gasteiger partial charge in [0, 0.05) is 11.1 Å². The van der Waals surface area contributed by atoms with Crippen LogP contribution in [-0.4, -0.2) is 22.5 Å². The van der Waals surface area contributed by atoms with E-state index in [1.54, 1.807) is 0 Å². The van der Waals surface area contributed by atoms with E-state index in [1.165, 1.54) is 12.1 Å². The Labute approximate surface area is 287 Å². The topological polar surface area (TPSA) is 97.6 Å². The van der Waals surface area contributed by atoms with Crippen molar-refractivity contribution in [2.75, 3.05) is 4.90 Å². The van der Waals surface area contributed by atoms with Crippen LogP contribution in [0.2, 0.25) is 5.02 Å². The van der Waals surface area contributed by atoms with E-state index in [1.807, 2.05) is 123 Å². The monoisotopic (exact) mass is 664 g/mol. The first-order valence-corrected chi connectivity index (χ1v) is 16.4. The number of anilines is 1. The first-order valence-electron chi connectivity index (χ1n) is 16.0. The molecule has 2 fully saturated rings. The van der Waals surface area contributed by atoms with Gasteiger partial charge in [-0.05, 0) is 59.4 Å². The van der Waals surface area contributed by atoms with Gasteiger partial charge in [-0.2, -0.15) is 0 Å². The molecule has 0 spiro atoms. The Morgan fingerprint density at radius 3 is 1.47 bits per heavy atom. The molecule has 2 aliphatic carbocycles. The Hall–Kier alpha value is -5.66. The van der Waals surface area contributed by atoms with Crippen LogP contribution in [0.25, 0.3) is 11.1 Å². The maximum absolute atomic E-state index is 16.0. The van der Waals surface area contributed by atoms with E-state index in [0.717, 1.165) is 33.2 Å². The third-order valence-corrected chi connectivity index (χ3v) is 10.7. The smallest absolute Gasteiger partial charge is 0.294 e. The lowest BCUT2D eigenvalue weighted by atomic mass is 9.59. The molecule has 5 aromatic rings. The zero-order valence-electron chi connectivity index (χ0n) is 26.6. The van der Waals surface area contributed by atoms with Gasteiger partial charge in [-0.25, -0.2) is 4.90 Å². The highest BCUT2D eigenvalue weighted by molar-refractivity contribution is 6.39. The molecule has 0 aromatic heterocycles. The molecular weight excluding hydrogens is 636 g/mol. The Balaban J connectivity index is 1.55. The Kier molecular flexibility index (Phi) is 6.84. The summed E-state index contributed by atoms with van der Waals surface area (Å²) in [5.74, 6) is -3.98. The van der Waals surface area contributed by atoms with Gasteiger partial charge in [0.25, 0.3) is 5.69 Å². The molecule has 8 rings (SSSR count). The van der Waals surface area contributed by atoms with Gasteiger partial charge in [-0.3, -0.25) is 24.5 Å². The minimum atomic E-state index is -1.61. The molecule has 0 radical (unpaired) electrons. The van der Waals surface area contributed by atoms with Crippen LogP contribution in [0.15, 0.2) is 127 Å². The highest BCUT2D eigenvalue weighted by Crippen LogP contribution is 2.74. The number of nitro benzene ring substituents is 1. The van der Waals surface area contributed by atoms with E-state index in [4.69, 9.17) is 11.6 Å². The number of aryl methyl sites for hydroxylation is 2.